The Balaban J connectivity index is 2.56. The highest BCUT2D eigenvalue weighted by Gasteiger charge is 2.10. The first-order valence-electron chi connectivity index (χ1n) is 6.09. The first kappa shape index (κ1) is 14.2. The molecule has 1 aromatic rings. The van der Waals surface area contributed by atoms with Crippen molar-refractivity contribution in [3.8, 4) is 0 Å². The van der Waals surface area contributed by atoms with Crippen molar-refractivity contribution >= 4 is 0 Å². The second-order valence-electron chi connectivity index (χ2n) is 4.53. The second-order valence-corrected chi connectivity index (χ2v) is 4.53. The molecule has 0 aromatic heterocycles. The summed E-state index contributed by atoms with van der Waals surface area (Å²) in [4.78, 5) is 0. The molecule has 1 rings (SSSR count). The number of methoxy groups -OCH3 is 1. The van der Waals surface area contributed by atoms with Gasteiger partial charge in [-0.05, 0) is 24.0 Å². The van der Waals surface area contributed by atoms with E-state index in [4.69, 9.17) is 9.84 Å². The molecule has 1 aromatic carbocycles. The van der Waals surface area contributed by atoms with Crippen molar-refractivity contribution in [2.24, 2.45) is 5.92 Å². The predicted molar refractivity (Wildman–Crippen MR) is 69.7 cm³/mol. The lowest BCUT2D eigenvalue weighted by Gasteiger charge is -2.20. The zero-order valence-electron chi connectivity index (χ0n) is 10.9. The Morgan fingerprint density at radius 2 is 1.88 bits per heavy atom. The van der Waals surface area contributed by atoms with Gasteiger partial charge in [0, 0.05) is 26.3 Å². The van der Waals surface area contributed by atoms with Crippen LogP contribution in [0.25, 0.3) is 0 Å². The molecular weight excluding hydrogens is 214 g/mol. The maximum Gasteiger partial charge on any atom is 0.0716 e. The Morgan fingerprint density at radius 3 is 2.47 bits per heavy atom. The molecule has 2 unspecified atom stereocenters. The summed E-state index contributed by atoms with van der Waals surface area (Å²) in [5.41, 5.74) is 2.47. The normalized spacial score (nSPS) is 14.6. The van der Waals surface area contributed by atoms with Gasteiger partial charge in [0.2, 0.25) is 0 Å². The highest BCUT2D eigenvalue weighted by molar-refractivity contribution is 5.26. The number of rotatable bonds is 7. The first-order chi connectivity index (χ1) is 8.19. The molecule has 3 heteroatoms. The van der Waals surface area contributed by atoms with E-state index in [0.717, 1.165) is 6.54 Å². The van der Waals surface area contributed by atoms with E-state index in [-0.39, 0.29) is 12.5 Å². The highest BCUT2D eigenvalue weighted by Crippen LogP contribution is 2.11. The fourth-order valence-corrected chi connectivity index (χ4v) is 1.66. The van der Waals surface area contributed by atoms with Gasteiger partial charge < -0.3 is 15.2 Å². The van der Waals surface area contributed by atoms with Crippen LogP contribution in [0.5, 0.6) is 0 Å². The molecule has 17 heavy (non-hydrogen) atoms. The van der Waals surface area contributed by atoms with Crippen LogP contribution in [0.2, 0.25) is 0 Å². The Bertz CT molecular complexity index is 328. The topological polar surface area (TPSA) is 41.5 Å². The van der Waals surface area contributed by atoms with E-state index < -0.39 is 0 Å². The van der Waals surface area contributed by atoms with E-state index in [9.17, 15) is 0 Å². The molecule has 0 radical (unpaired) electrons. The predicted octanol–water partition coefficient (Wildman–Crippen LogP) is 1.94. The maximum absolute atomic E-state index is 9.08. The minimum atomic E-state index is 0.216. The van der Waals surface area contributed by atoms with Gasteiger partial charge in [0.1, 0.15) is 0 Å². The monoisotopic (exact) mass is 237 g/mol. The highest BCUT2D eigenvalue weighted by atomic mass is 16.5. The summed E-state index contributed by atoms with van der Waals surface area (Å²) in [5.74, 6) is 0.268. The van der Waals surface area contributed by atoms with E-state index in [1.54, 1.807) is 7.11 Å². The smallest absolute Gasteiger partial charge is 0.0716 e. The fraction of sp³-hybridized carbons (Fsp3) is 0.571. The van der Waals surface area contributed by atoms with E-state index in [0.29, 0.717) is 12.6 Å². The Kier molecular flexibility index (Phi) is 6.19. The summed E-state index contributed by atoms with van der Waals surface area (Å²) in [6.45, 7) is 5.80. The van der Waals surface area contributed by atoms with E-state index >= 15 is 0 Å². The lowest BCUT2D eigenvalue weighted by molar-refractivity contribution is 0.183. The molecule has 0 saturated heterocycles. The van der Waals surface area contributed by atoms with Crippen LogP contribution in [0.15, 0.2) is 24.3 Å². The van der Waals surface area contributed by atoms with Crippen LogP contribution in [-0.4, -0.2) is 24.9 Å². The third-order valence-electron chi connectivity index (χ3n) is 3.17. The molecule has 0 saturated carbocycles. The van der Waals surface area contributed by atoms with Crippen molar-refractivity contribution in [1.82, 2.24) is 5.32 Å². The van der Waals surface area contributed by atoms with Gasteiger partial charge >= 0.3 is 0 Å². The summed E-state index contributed by atoms with van der Waals surface area (Å²) in [5, 5.41) is 12.5. The van der Waals surface area contributed by atoms with Crippen LogP contribution in [0, 0.1) is 5.92 Å². The van der Waals surface area contributed by atoms with Crippen LogP contribution in [-0.2, 0) is 17.9 Å². The van der Waals surface area contributed by atoms with Crippen molar-refractivity contribution in [3.63, 3.8) is 0 Å². The second kappa shape index (κ2) is 7.43. The number of aliphatic hydroxyl groups is 1. The largest absolute Gasteiger partial charge is 0.396 e. The molecule has 0 fully saturated rings. The number of ether oxygens (including phenoxy) is 1. The number of nitrogens with one attached hydrogen (secondary N) is 1. The molecule has 0 spiro atoms. The minimum Gasteiger partial charge on any atom is -0.396 e. The quantitative estimate of drug-likeness (QED) is 0.761. The number of benzene rings is 1. The van der Waals surface area contributed by atoms with Gasteiger partial charge in [0.15, 0.2) is 0 Å². The maximum atomic E-state index is 9.08. The van der Waals surface area contributed by atoms with Gasteiger partial charge in [0.05, 0.1) is 6.61 Å². The molecule has 0 aliphatic carbocycles. The number of hydrogen-bond acceptors (Lipinski definition) is 3. The van der Waals surface area contributed by atoms with Crippen LogP contribution in [0.4, 0.5) is 0 Å². The molecule has 0 aliphatic rings. The Morgan fingerprint density at radius 1 is 1.24 bits per heavy atom. The van der Waals surface area contributed by atoms with Crippen LogP contribution in [0.3, 0.4) is 0 Å². The average Bonchev–Trinajstić information content (AvgIpc) is 2.36. The van der Waals surface area contributed by atoms with Gasteiger partial charge in [-0.3, -0.25) is 0 Å². The molecule has 2 N–H and O–H groups in total. The zero-order chi connectivity index (χ0) is 12.7. The molecule has 0 heterocycles. The molecule has 96 valence electrons. The standard InChI is InChI=1S/C14H23NO2/c1-11(9-16)12(2)15-8-13-6-4-5-7-14(13)10-17-3/h4-7,11-12,15-16H,8-10H2,1-3H3. The SMILES string of the molecule is COCc1ccccc1CNC(C)C(C)CO. The molecule has 0 bridgehead atoms. The van der Waals surface area contributed by atoms with E-state index in [2.05, 4.69) is 24.4 Å². The van der Waals surface area contributed by atoms with Crippen LogP contribution >= 0.6 is 0 Å². The molecular formula is C14H23NO2. The molecule has 3 nitrogen and oxygen atoms in total. The van der Waals surface area contributed by atoms with Crippen molar-refractivity contribution in [2.75, 3.05) is 13.7 Å². The minimum absolute atomic E-state index is 0.216. The van der Waals surface area contributed by atoms with Gasteiger partial charge in [-0.1, -0.05) is 31.2 Å². The summed E-state index contributed by atoms with van der Waals surface area (Å²) < 4.78 is 5.18. The van der Waals surface area contributed by atoms with Gasteiger partial charge in [-0.2, -0.15) is 0 Å². The van der Waals surface area contributed by atoms with Gasteiger partial charge in [0.25, 0.3) is 0 Å². The third-order valence-corrected chi connectivity index (χ3v) is 3.17. The third kappa shape index (κ3) is 4.46. The zero-order valence-corrected chi connectivity index (χ0v) is 10.9. The number of hydrogen-bond donors (Lipinski definition) is 2. The first-order valence-corrected chi connectivity index (χ1v) is 6.09. The van der Waals surface area contributed by atoms with Crippen molar-refractivity contribution < 1.29 is 9.84 Å². The van der Waals surface area contributed by atoms with Crippen molar-refractivity contribution in [2.45, 2.75) is 33.0 Å². The summed E-state index contributed by atoms with van der Waals surface area (Å²) in [6.07, 6.45) is 0. The Labute approximate surface area is 104 Å². The summed E-state index contributed by atoms with van der Waals surface area (Å²) in [6, 6.07) is 8.56. The van der Waals surface area contributed by atoms with Gasteiger partial charge in [-0.25, -0.2) is 0 Å². The molecule has 0 amide bonds. The fourth-order valence-electron chi connectivity index (χ4n) is 1.66. The average molecular weight is 237 g/mol. The van der Waals surface area contributed by atoms with Crippen LogP contribution in [0.1, 0.15) is 25.0 Å². The summed E-state index contributed by atoms with van der Waals surface area (Å²) in [7, 11) is 1.71. The number of aliphatic hydroxyl groups excluding tert-OH is 1. The molecule has 2 atom stereocenters. The Hall–Kier alpha value is -0.900. The van der Waals surface area contributed by atoms with Gasteiger partial charge in [-0.15, -0.1) is 0 Å². The van der Waals surface area contributed by atoms with Crippen molar-refractivity contribution in [1.29, 1.82) is 0 Å². The van der Waals surface area contributed by atoms with E-state index in [1.807, 2.05) is 19.1 Å². The lowest BCUT2D eigenvalue weighted by Crippen LogP contribution is -2.33. The summed E-state index contributed by atoms with van der Waals surface area (Å²) >= 11 is 0. The molecule has 0 aliphatic heterocycles. The van der Waals surface area contributed by atoms with Crippen LogP contribution < -0.4 is 5.32 Å². The lowest BCUT2D eigenvalue weighted by atomic mass is 10.0. The van der Waals surface area contributed by atoms with E-state index in [1.165, 1.54) is 11.1 Å². The van der Waals surface area contributed by atoms with Crippen molar-refractivity contribution in [3.05, 3.63) is 35.4 Å².